The quantitative estimate of drug-likeness (QED) is 0.821. The van der Waals surface area contributed by atoms with Gasteiger partial charge in [0, 0.05) is 24.6 Å². The van der Waals surface area contributed by atoms with Gasteiger partial charge in [0.15, 0.2) is 0 Å². The van der Waals surface area contributed by atoms with E-state index >= 15 is 0 Å². The van der Waals surface area contributed by atoms with Crippen molar-refractivity contribution in [2.45, 2.75) is 13.3 Å². The zero-order chi connectivity index (χ0) is 13.3. The molecule has 1 saturated heterocycles. The van der Waals surface area contributed by atoms with E-state index in [1.54, 1.807) is 7.05 Å². The standard InChI is InChI=1S/C13H18BrN3O/c1-13(12(18)16-2)5-6-17(8-13)11-4-3-9(14)7-10(11)15/h3-4,7H,5-6,8,15H2,1-2H3,(H,16,18). The Balaban J connectivity index is 2.20. The first-order valence-corrected chi connectivity index (χ1v) is 6.78. The average Bonchev–Trinajstić information content (AvgIpc) is 2.72. The molecule has 0 bridgehead atoms. The van der Waals surface area contributed by atoms with E-state index in [1.807, 2.05) is 25.1 Å². The van der Waals surface area contributed by atoms with Crippen LogP contribution in [-0.2, 0) is 4.79 Å². The van der Waals surface area contributed by atoms with E-state index in [9.17, 15) is 4.79 Å². The third-order valence-corrected chi connectivity index (χ3v) is 4.07. The Labute approximate surface area is 116 Å². The highest BCUT2D eigenvalue weighted by Crippen LogP contribution is 2.36. The molecule has 0 saturated carbocycles. The van der Waals surface area contributed by atoms with Crippen LogP contribution in [0.4, 0.5) is 11.4 Å². The molecule has 1 aliphatic heterocycles. The maximum atomic E-state index is 11.9. The molecule has 0 radical (unpaired) electrons. The molecule has 1 aromatic rings. The highest BCUT2D eigenvalue weighted by atomic mass is 79.9. The summed E-state index contributed by atoms with van der Waals surface area (Å²) in [6.07, 6.45) is 0.849. The first kappa shape index (κ1) is 13.2. The lowest BCUT2D eigenvalue weighted by molar-refractivity contribution is -0.128. The van der Waals surface area contributed by atoms with Crippen molar-refractivity contribution in [1.82, 2.24) is 5.32 Å². The summed E-state index contributed by atoms with van der Waals surface area (Å²) >= 11 is 3.40. The van der Waals surface area contributed by atoms with Gasteiger partial charge in [-0.25, -0.2) is 0 Å². The van der Waals surface area contributed by atoms with E-state index in [0.29, 0.717) is 6.54 Å². The van der Waals surface area contributed by atoms with E-state index < -0.39 is 0 Å². The third-order valence-electron chi connectivity index (χ3n) is 3.58. The number of nitrogens with two attached hydrogens (primary N) is 1. The van der Waals surface area contributed by atoms with Gasteiger partial charge in [-0.05, 0) is 31.5 Å². The summed E-state index contributed by atoms with van der Waals surface area (Å²) in [7, 11) is 1.68. The van der Waals surface area contributed by atoms with Gasteiger partial charge < -0.3 is 16.0 Å². The first-order valence-electron chi connectivity index (χ1n) is 5.98. The Kier molecular flexibility index (Phi) is 3.52. The molecule has 3 N–H and O–H groups in total. The van der Waals surface area contributed by atoms with E-state index in [2.05, 4.69) is 26.1 Å². The summed E-state index contributed by atoms with van der Waals surface area (Å²) in [5.74, 6) is 0.0979. The van der Waals surface area contributed by atoms with Gasteiger partial charge in [0.05, 0.1) is 16.8 Å². The van der Waals surface area contributed by atoms with Crippen LogP contribution in [0.2, 0.25) is 0 Å². The molecule has 1 aliphatic rings. The second-order valence-electron chi connectivity index (χ2n) is 5.01. The molecule has 18 heavy (non-hydrogen) atoms. The van der Waals surface area contributed by atoms with E-state index in [0.717, 1.165) is 28.8 Å². The first-order chi connectivity index (χ1) is 8.46. The number of anilines is 2. The monoisotopic (exact) mass is 311 g/mol. The molecule has 1 aromatic carbocycles. The van der Waals surface area contributed by atoms with Crippen molar-refractivity contribution in [1.29, 1.82) is 0 Å². The van der Waals surface area contributed by atoms with Gasteiger partial charge in [0.25, 0.3) is 0 Å². The lowest BCUT2D eigenvalue weighted by Crippen LogP contribution is -2.39. The molecule has 1 amide bonds. The Morgan fingerprint density at radius 1 is 1.56 bits per heavy atom. The number of nitrogens with zero attached hydrogens (tertiary/aromatic N) is 1. The maximum Gasteiger partial charge on any atom is 0.227 e. The molecule has 1 fully saturated rings. The van der Waals surface area contributed by atoms with Crippen LogP contribution in [0.25, 0.3) is 0 Å². The molecular weight excluding hydrogens is 294 g/mol. The Morgan fingerprint density at radius 2 is 2.28 bits per heavy atom. The van der Waals surface area contributed by atoms with Crippen LogP contribution in [-0.4, -0.2) is 26.0 Å². The highest BCUT2D eigenvalue weighted by molar-refractivity contribution is 9.10. The van der Waals surface area contributed by atoms with Crippen LogP contribution in [0.5, 0.6) is 0 Å². The average molecular weight is 312 g/mol. The Hall–Kier alpha value is -1.23. The minimum absolute atomic E-state index is 0.0979. The second-order valence-corrected chi connectivity index (χ2v) is 5.93. The van der Waals surface area contributed by atoms with Crippen LogP contribution >= 0.6 is 15.9 Å². The summed E-state index contributed by atoms with van der Waals surface area (Å²) in [5, 5.41) is 2.74. The van der Waals surface area contributed by atoms with Crippen molar-refractivity contribution >= 4 is 33.2 Å². The number of rotatable bonds is 2. The third kappa shape index (κ3) is 2.32. The molecule has 1 heterocycles. The minimum atomic E-state index is -0.325. The van der Waals surface area contributed by atoms with Crippen LogP contribution in [0.15, 0.2) is 22.7 Å². The number of nitrogen functional groups attached to an aromatic ring is 1. The molecule has 1 atom stereocenters. The molecule has 2 rings (SSSR count). The van der Waals surface area contributed by atoms with Crippen molar-refractivity contribution in [2.24, 2.45) is 5.41 Å². The van der Waals surface area contributed by atoms with Gasteiger partial charge in [-0.1, -0.05) is 15.9 Å². The maximum absolute atomic E-state index is 11.9. The van der Waals surface area contributed by atoms with Crippen molar-refractivity contribution in [3.63, 3.8) is 0 Å². The number of halogens is 1. The number of carbonyl (C=O) groups excluding carboxylic acids is 1. The molecular formula is C13H18BrN3O. The normalized spacial score (nSPS) is 23.2. The smallest absolute Gasteiger partial charge is 0.227 e. The molecule has 0 aromatic heterocycles. The lowest BCUT2D eigenvalue weighted by Gasteiger charge is -2.24. The second kappa shape index (κ2) is 4.80. The fourth-order valence-electron chi connectivity index (χ4n) is 2.47. The number of hydrogen-bond donors (Lipinski definition) is 2. The Morgan fingerprint density at radius 3 is 2.89 bits per heavy atom. The number of hydrogen-bond acceptors (Lipinski definition) is 3. The number of benzene rings is 1. The molecule has 98 valence electrons. The van der Waals surface area contributed by atoms with Crippen LogP contribution in [0.1, 0.15) is 13.3 Å². The summed E-state index contributed by atoms with van der Waals surface area (Å²) < 4.78 is 0.969. The summed E-state index contributed by atoms with van der Waals surface area (Å²) in [5.41, 5.74) is 7.45. The van der Waals surface area contributed by atoms with Gasteiger partial charge in [-0.15, -0.1) is 0 Å². The zero-order valence-electron chi connectivity index (χ0n) is 10.7. The van der Waals surface area contributed by atoms with Crippen LogP contribution in [0.3, 0.4) is 0 Å². The lowest BCUT2D eigenvalue weighted by atomic mass is 9.89. The highest BCUT2D eigenvalue weighted by Gasteiger charge is 2.40. The van der Waals surface area contributed by atoms with Crippen molar-refractivity contribution in [3.8, 4) is 0 Å². The van der Waals surface area contributed by atoms with E-state index in [-0.39, 0.29) is 11.3 Å². The Bertz CT molecular complexity index is 477. The molecule has 0 spiro atoms. The van der Waals surface area contributed by atoms with Crippen molar-refractivity contribution < 1.29 is 4.79 Å². The summed E-state index contributed by atoms with van der Waals surface area (Å²) in [6.45, 7) is 3.56. The molecule has 1 unspecified atom stereocenters. The fourth-order valence-corrected chi connectivity index (χ4v) is 2.85. The number of amides is 1. The predicted molar refractivity (Wildman–Crippen MR) is 77.6 cm³/mol. The van der Waals surface area contributed by atoms with Gasteiger partial charge >= 0.3 is 0 Å². The zero-order valence-corrected chi connectivity index (χ0v) is 12.3. The SMILES string of the molecule is CNC(=O)C1(C)CCN(c2ccc(Br)cc2N)C1. The van der Waals surface area contributed by atoms with Crippen LogP contribution < -0.4 is 16.0 Å². The molecule has 4 nitrogen and oxygen atoms in total. The molecule has 0 aliphatic carbocycles. The number of carbonyl (C=O) groups is 1. The fraction of sp³-hybridized carbons (Fsp3) is 0.462. The van der Waals surface area contributed by atoms with Gasteiger partial charge in [-0.2, -0.15) is 0 Å². The van der Waals surface area contributed by atoms with Crippen molar-refractivity contribution in [3.05, 3.63) is 22.7 Å². The van der Waals surface area contributed by atoms with Gasteiger partial charge in [0.2, 0.25) is 5.91 Å². The minimum Gasteiger partial charge on any atom is -0.397 e. The molecule has 5 heteroatoms. The largest absolute Gasteiger partial charge is 0.397 e. The summed E-state index contributed by atoms with van der Waals surface area (Å²) in [4.78, 5) is 14.1. The van der Waals surface area contributed by atoms with Gasteiger partial charge in [-0.3, -0.25) is 4.79 Å². The van der Waals surface area contributed by atoms with E-state index in [1.165, 1.54) is 0 Å². The van der Waals surface area contributed by atoms with E-state index in [4.69, 9.17) is 5.73 Å². The van der Waals surface area contributed by atoms with Crippen LogP contribution in [0, 0.1) is 5.41 Å². The predicted octanol–water partition coefficient (Wildman–Crippen LogP) is 1.99. The van der Waals surface area contributed by atoms with Gasteiger partial charge in [0.1, 0.15) is 0 Å². The number of nitrogens with one attached hydrogen (secondary N) is 1. The van der Waals surface area contributed by atoms with Crippen molar-refractivity contribution in [2.75, 3.05) is 30.8 Å². The topological polar surface area (TPSA) is 58.4 Å². The summed E-state index contributed by atoms with van der Waals surface area (Å²) in [6, 6.07) is 5.86.